The zero-order valence-electron chi connectivity index (χ0n) is 11.5. The molecule has 1 aromatic rings. The Morgan fingerprint density at radius 3 is 2.70 bits per heavy atom. The number of amides is 1. The van der Waals surface area contributed by atoms with E-state index in [1.165, 1.54) is 6.42 Å². The summed E-state index contributed by atoms with van der Waals surface area (Å²) >= 11 is 5.79. The third kappa shape index (κ3) is 4.39. The second kappa shape index (κ2) is 7.50. The molecule has 110 valence electrons. The first-order valence-electron chi connectivity index (χ1n) is 7.07. The highest BCUT2D eigenvalue weighted by Crippen LogP contribution is 2.23. The summed E-state index contributed by atoms with van der Waals surface area (Å²) in [5, 5.41) is 3.68. The number of carbonyl (C=O) groups excluding carboxylic acids is 1. The van der Waals surface area contributed by atoms with Gasteiger partial charge in [-0.25, -0.2) is 0 Å². The molecule has 0 spiro atoms. The molecule has 2 atom stereocenters. The van der Waals surface area contributed by atoms with E-state index < -0.39 is 0 Å². The Balaban J connectivity index is 1.78. The van der Waals surface area contributed by atoms with Crippen molar-refractivity contribution >= 4 is 17.5 Å². The van der Waals surface area contributed by atoms with Crippen molar-refractivity contribution in [1.29, 1.82) is 0 Å². The monoisotopic (exact) mass is 296 g/mol. The average Bonchev–Trinajstić information content (AvgIpc) is 2.47. The topological polar surface area (TPSA) is 64.3 Å². The van der Waals surface area contributed by atoms with Crippen LogP contribution in [0, 0.1) is 5.92 Å². The molecule has 4 nitrogen and oxygen atoms in total. The Labute approximate surface area is 124 Å². The van der Waals surface area contributed by atoms with E-state index in [-0.39, 0.29) is 18.6 Å². The number of rotatable bonds is 5. The number of ether oxygens (including phenoxy) is 1. The third-order valence-electron chi connectivity index (χ3n) is 3.74. The van der Waals surface area contributed by atoms with Crippen LogP contribution in [0.25, 0.3) is 0 Å². The molecule has 1 aromatic carbocycles. The largest absolute Gasteiger partial charge is 0.484 e. The van der Waals surface area contributed by atoms with E-state index in [0.29, 0.717) is 23.2 Å². The molecule has 1 aliphatic rings. The van der Waals surface area contributed by atoms with Crippen LogP contribution in [0.3, 0.4) is 0 Å². The second-order valence-electron chi connectivity index (χ2n) is 5.20. The van der Waals surface area contributed by atoms with Crippen molar-refractivity contribution in [2.45, 2.75) is 31.7 Å². The normalized spacial score (nSPS) is 22.3. The molecule has 0 aromatic heterocycles. The van der Waals surface area contributed by atoms with Crippen molar-refractivity contribution in [2.75, 3.05) is 13.2 Å². The van der Waals surface area contributed by atoms with Gasteiger partial charge in [0.2, 0.25) is 0 Å². The lowest BCUT2D eigenvalue weighted by Crippen LogP contribution is -2.46. The zero-order chi connectivity index (χ0) is 14.4. The molecule has 3 N–H and O–H groups in total. The molecule has 0 radical (unpaired) electrons. The standard InChI is InChI=1S/C15H21ClN2O2/c16-12-5-7-13(8-6-12)20-10-15(19)18-14-4-2-1-3-11(14)9-17/h5-8,11,14H,1-4,9-10,17H2,(H,18,19). The maximum Gasteiger partial charge on any atom is 0.258 e. The molecular formula is C15H21ClN2O2. The minimum atomic E-state index is -0.0923. The summed E-state index contributed by atoms with van der Waals surface area (Å²) in [7, 11) is 0. The quantitative estimate of drug-likeness (QED) is 0.876. The van der Waals surface area contributed by atoms with Gasteiger partial charge in [0, 0.05) is 11.1 Å². The predicted molar refractivity (Wildman–Crippen MR) is 79.9 cm³/mol. The third-order valence-corrected chi connectivity index (χ3v) is 3.99. The van der Waals surface area contributed by atoms with Gasteiger partial charge in [-0.05, 0) is 49.6 Å². The lowest BCUT2D eigenvalue weighted by atomic mass is 9.84. The Morgan fingerprint density at radius 2 is 2.00 bits per heavy atom. The number of hydrogen-bond donors (Lipinski definition) is 2. The summed E-state index contributed by atoms with van der Waals surface area (Å²) in [6.45, 7) is 0.651. The molecule has 0 saturated heterocycles. The van der Waals surface area contributed by atoms with E-state index in [1.807, 2.05) is 0 Å². The maximum absolute atomic E-state index is 11.9. The molecule has 2 unspecified atom stereocenters. The first-order valence-corrected chi connectivity index (χ1v) is 7.44. The van der Waals surface area contributed by atoms with Gasteiger partial charge in [0.25, 0.3) is 5.91 Å². The smallest absolute Gasteiger partial charge is 0.258 e. The molecule has 5 heteroatoms. The van der Waals surface area contributed by atoms with Gasteiger partial charge >= 0.3 is 0 Å². The van der Waals surface area contributed by atoms with Crippen molar-refractivity contribution in [3.05, 3.63) is 29.3 Å². The number of hydrogen-bond acceptors (Lipinski definition) is 3. The fourth-order valence-corrected chi connectivity index (χ4v) is 2.73. The molecule has 1 amide bonds. The van der Waals surface area contributed by atoms with E-state index in [2.05, 4.69) is 5.32 Å². The zero-order valence-corrected chi connectivity index (χ0v) is 12.2. The first-order chi connectivity index (χ1) is 9.69. The SMILES string of the molecule is NCC1CCCCC1NC(=O)COc1ccc(Cl)cc1. The van der Waals surface area contributed by atoms with E-state index in [1.54, 1.807) is 24.3 Å². The second-order valence-corrected chi connectivity index (χ2v) is 5.63. The lowest BCUT2D eigenvalue weighted by Gasteiger charge is -2.31. The Kier molecular flexibility index (Phi) is 5.68. The average molecular weight is 297 g/mol. The van der Waals surface area contributed by atoms with Crippen molar-refractivity contribution in [2.24, 2.45) is 11.7 Å². The highest BCUT2D eigenvalue weighted by molar-refractivity contribution is 6.30. The van der Waals surface area contributed by atoms with Crippen LogP contribution in [0.15, 0.2) is 24.3 Å². The van der Waals surface area contributed by atoms with E-state index in [9.17, 15) is 4.79 Å². The molecule has 0 bridgehead atoms. The molecule has 20 heavy (non-hydrogen) atoms. The highest BCUT2D eigenvalue weighted by Gasteiger charge is 2.25. The minimum Gasteiger partial charge on any atom is -0.484 e. The molecule has 0 heterocycles. The van der Waals surface area contributed by atoms with Crippen LogP contribution >= 0.6 is 11.6 Å². The summed E-state index contributed by atoms with van der Waals surface area (Å²) in [6, 6.07) is 7.16. The fourth-order valence-electron chi connectivity index (χ4n) is 2.61. The highest BCUT2D eigenvalue weighted by atomic mass is 35.5. The number of nitrogens with two attached hydrogens (primary N) is 1. The van der Waals surface area contributed by atoms with Gasteiger partial charge < -0.3 is 15.8 Å². The van der Waals surface area contributed by atoms with Crippen LogP contribution in [0.5, 0.6) is 5.75 Å². The Hall–Kier alpha value is -1.26. The molecular weight excluding hydrogens is 276 g/mol. The van der Waals surface area contributed by atoms with Crippen LogP contribution in [-0.2, 0) is 4.79 Å². The van der Waals surface area contributed by atoms with Gasteiger partial charge in [0.15, 0.2) is 6.61 Å². The van der Waals surface area contributed by atoms with Gasteiger partial charge in [-0.2, -0.15) is 0 Å². The first kappa shape index (κ1) is 15.1. The van der Waals surface area contributed by atoms with Gasteiger partial charge in [0.05, 0.1) is 0 Å². The number of nitrogens with one attached hydrogen (secondary N) is 1. The molecule has 1 fully saturated rings. The van der Waals surface area contributed by atoms with E-state index in [4.69, 9.17) is 22.1 Å². The molecule has 0 aliphatic heterocycles. The molecule has 1 aliphatic carbocycles. The van der Waals surface area contributed by atoms with E-state index in [0.717, 1.165) is 19.3 Å². The van der Waals surface area contributed by atoms with Crippen LogP contribution in [-0.4, -0.2) is 25.1 Å². The maximum atomic E-state index is 11.9. The van der Waals surface area contributed by atoms with E-state index >= 15 is 0 Å². The van der Waals surface area contributed by atoms with Crippen LogP contribution in [0.2, 0.25) is 5.02 Å². The summed E-state index contributed by atoms with van der Waals surface area (Å²) in [5.41, 5.74) is 5.75. The lowest BCUT2D eigenvalue weighted by molar-refractivity contribution is -0.124. The predicted octanol–water partition coefficient (Wildman–Crippen LogP) is 2.35. The van der Waals surface area contributed by atoms with Crippen molar-refractivity contribution in [3.63, 3.8) is 0 Å². The van der Waals surface area contributed by atoms with Gasteiger partial charge in [-0.15, -0.1) is 0 Å². The summed E-state index contributed by atoms with van der Waals surface area (Å²) in [5.74, 6) is 0.942. The molecule has 1 saturated carbocycles. The van der Waals surface area contributed by atoms with Gasteiger partial charge in [0.1, 0.15) is 5.75 Å². The number of halogens is 1. The Bertz CT molecular complexity index is 436. The van der Waals surface area contributed by atoms with Crippen LogP contribution < -0.4 is 15.8 Å². The van der Waals surface area contributed by atoms with Crippen molar-refractivity contribution in [1.82, 2.24) is 5.32 Å². The van der Waals surface area contributed by atoms with Crippen molar-refractivity contribution < 1.29 is 9.53 Å². The fraction of sp³-hybridized carbons (Fsp3) is 0.533. The van der Waals surface area contributed by atoms with Crippen LogP contribution in [0.1, 0.15) is 25.7 Å². The van der Waals surface area contributed by atoms with Gasteiger partial charge in [-0.3, -0.25) is 4.79 Å². The molecule has 2 rings (SSSR count). The minimum absolute atomic E-state index is 0.0232. The Morgan fingerprint density at radius 1 is 1.30 bits per heavy atom. The number of carbonyl (C=O) groups is 1. The van der Waals surface area contributed by atoms with Gasteiger partial charge in [-0.1, -0.05) is 24.4 Å². The summed E-state index contributed by atoms with van der Waals surface area (Å²) in [6.07, 6.45) is 4.46. The number of benzene rings is 1. The summed E-state index contributed by atoms with van der Waals surface area (Å²) in [4.78, 5) is 11.9. The van der Waals surface area contributed by atoms with Crippen molar-refractivity contribution in [3.8, 4) is 5.75 Å². The summed E-state index contributed by atoms with van der Waals surface area (Å²) < 4.78 is 5.43. The van der Waals surface area contributed by atoms with Crippen LogP contribution in [0.4, 0.5) is 0 Å².